The lowest BCUT2D eigenvalue weighted by Gasteiger charge is -2.32. The third kappa shape index (κ3) is 0.982. The van der Waals surface area contributed by atoms with Crippen LogP contribution in [0.4, 0.5) is 0 Å². The highest BCUT2D eigenvalue weighted by molar-refractivity contribution is 5.15. The van der Waals surface area contributed by atoms with Crippen molar-refractivity contribution in [3.8, 4) is 0 Å². The Morgan fingerprint density at radius 3 is 2.17 bits per heavy atom. The van der Waals surface area contributed by atoms with Gasteiger partial charge in [0.15, 0.2) is 0 Å². The Labute approximate surface area is 69.6 Å². The van der Waals surface area contributed by atoms with E-state index in [9.17, 15) is 15.3 Å². The fourth-order valence-corrected chi connectivity index (χ4v) is 1.97. The highest BCUT2D eigenvalue weighted by Gasteiger charge is 2.57. The van der Waals surface area contributed by atoms with Crippen molar-refractivity contribution in [2.75, 3.05) is 6.61 Å². The molecule has 0 aromatic rings. The normalized spacial score (nSPS) is 58.0. The Kier molecular flexibility index (Phi) is 1.85. The van der Waals surface area contributed by atoms with E-state index in [1.165, 1.54) is 0 Å². The van der Waals surface area contributed by atoms with Gasteiger partial charge in [-0.25, -0.2) is 0 Å². The molecule has 6 atom stereocenters. The van der Waals surface area contributed by atoms with Crippen LogP contribution in [0.5, 0.6) is 0 Å². The van der Waals surface area contributed by atoms with Crippen LogP contribution < -0.4 is 5.32 Å². The molecule has 1 saturated heterocycles. The summed E-state index contributed by atoms with van der Waals surface area (Å²) in [6.07, 6.45) is -3.08. The molecule has 5 N–H and O–H groups in total. The Bertz CT molecular complexity index is 188. The molecule has 0 unspecified atom stereocenters. The van der Waals surface area contributed by atoms with E-state index in [4.69, 9.17) is 5.11 Å². The molecule has 1 heterocycles. The number of aliphatic hydroxyl groups excluding tert-OH is 4. The van der Waals surface area contributed by atoms with Gasteiger partial charge >= 0.3 is 0 Å². The van der Waals surface area contributed by atoms with Crippen molar-refractivity contribution in [2.24, 2.45) is 5.92 Å². The second-order valence-electron chi connectivity index (χ2n) is 3.54. The van der Waals surface area contributed by atoms with Gasteiger partial charge in [0.2, 0.25) is 0 Å². The molecule has 0 aromatic carbocycles. The van der Waals surface area contributed by atoms with E-state index in [0.29, 0.717) is 0 Å². The summed E-state index contributed by atoms with van der Waals surface area (Å²) in [6.45, 7) is -0.168. The standard InChI is InChI=1S/C7H13NO4/c9-1-2-3-4(8-3)6(11)7(12)5(2)10/h2-12H,1H2/t2-,3+,4+,5+,6-,7-/m0/s1. The Balaban J connectivity index is 2.11. The summed E-state index contributed by atoms with van der Waals surface area (Å²) in [4.78, 5) is 0. The molecule has 1 aliphatic heterocycles. The zero-order chi connectivity index (χ0) is 8.88. The predicted molar refractivity (Wildman–Crippen MR) is 39.3 cm³/mol. The van der Waals surface area contributed by atoms with Gasteiger partial charge in [0.25, 0.3) is 0 Å². The van der Waals surface area contributed by atoms with E-state index in [1.807, 2.05) is 0 Å². The van der Waals surface area contributed by atoms with Crippen LogP contribution in [-0.2, 0) is 0 Å². The first kappa shape index (κ1) is 8.40. The molecular formula is C7H13NO4. The minimum Gasteiger partial charge on any atom is -0.396 e. The van der Waals surface area contributed by atoms with Crippen LogP contribution >= 0.6 is 0 Å². The number of hydrogen-bond acceptors (Lipinski definition) is 5. The highest BCUT2D eigenvalue weighted by atomic mass is 16.4. The largest absolute Gasteiger partial charge is 0.396 e. The first-order valence-corrected chi connectivity index (χ1v) is 4.08. The van der Waals surface area contributed by atoms with E-state index >= 15 is 0 Å². The molecule has 0 bridgehead atoms. The second-order valence-corrected chi connectivity index (χ2v) is 3.54. The molecule has 5 heteroatoms. The summed E-state index contributed by atoms with van der Waals surface area (Å²) in [5.74, 6) is -0.353. The highest BCUT2D eigenvalue weighted by Crippen LogP contribution is 2.34. The first-order valence-electron chi connectivity index (χ1n) is 4.08. The van der Waals surface area contributed by atoms with Gasteiger partial charge in [-0.05, 0) is 0 Å². The molecule has 2 aliphatic rings. The SMILES string of the molecule is OC[C@@H]1[C@@H](O)[C@H](O)[C@@H](O)[C@@H]2N[C@H]12. The maximum Gasteiger partial charge on any atom is 0.108 e. The van der Waals surface area contributed by atoms with Gasteiger partial charge in [-0.15, -0.1) is 0 Å². The van der Waals surface area contributed by atoms with Crippen LogP contribution in [0.25, 0.3) is 0 Å². The van der Waals surface area contributed by atoms with Crippen LogP contribution in [0.2, 0.25) is 0 Å². The van der Waals surface area contributed by atoms with E-state index in [1.54, 1.807) is 0 Å². The molecule has 2 fully saturated rings. The van der Waals surface area contributed by atoms with E-state index in [0.717, 1.165) is 0 Å². The van der Waals surface area contributed by atoms with Crippen LogP contribution in [0, 0.1) is 5.92 Å². The van der Waals surface area contributed by atoms with E-state index < -0.39 is 18.3 Å². The summed E-state index contributed by atoms with van der Waals surface area (Å²) < 4.78 is 0. The fourth-order valence-electron chi connectivity index (χ4n) is 1.97. The maximum atomic E-state index is 9.39. The summed E-state index contributed by atoms with van der Waals surface area (Å²) in [7, 11) is 0. The topological polar surface area (TPSA) is 103 Å². The maximum absolute atomic E-state index is 9.39. The third-order valence-electron chi connectivity index (χ3n) is 2.84. The van der Waals surface area contributed by atoms with Gasteiger partial charge in [-0.2, -0.15) is 0 Å². The molecule has 5 nitrogen and oxygen atoms in total. The van der Waals surface area contributed by atoms with E-state index in [-0.39, 0.29) is 24.6 Å². The quantitative estimate of drug-likeness (QED) is 0.274. The number of hydrogen-bond donors (Lipinski definition) is 5. The average Bonchev–Trinajstić information content (AvgIpc) is 2.81. The van der Waals surface area contributed by atoms with Crippen LogP contribution in [0.15, 0.2) is 0 Å². The Morgan fingerprint density at radius 1 is 0.917 bits per heavy atom. The van der Waals surface area contributed by atoms with Crippen LogP contribution in [-0.4, -0.2) is 57.4 Å². The Morgan fingerprint density at radius 2 is 1.58 bits per heavy atom. The molecule has 0 spiro atoms. The van der Waals surface area contributed by atoms with Crippen molar-refractivity contribution in [1.29, 1.82) is 0 Å². The predicted octanol–water partition coefficient (Wildman–Crippen LogP) is -2.97. The number of rotatable bonds is 1. The van der Waals surface area contributed by atoms with Crippen LogP contribution in [0.1, 0.15) is 0 Å². The summed E-state index contributed by atoms with van der Waals surface area (Å²) in [6, 6.07) is -0.191. The number of nitrogens with one attached hydrogen (secondary N) is 1. The Hall–Kier alpha value is -0.200. The second kappa shape index (κ2) is 2.65. The van der Waals surface area contributed by atoms with Gasteiger partial charge in [0, 0.05) is 12.0 Å². The molecule has 12 heavy (non-hydrogen) atoms. The minimum absolute atomic E-state index is 0.0385. The zero-order valence-electron chi connectivity index (χ0n) is 6.46. The van der Waals surface area contributed by atoms with Crippen molar-refractivity contribution in [1.82, 2.24) is 5.32 Å². The summed E-state index contributed by atoms with van der Waals surface area (Å²) >= 11 is 0. The fraction of sp³-hybridized carbons (Fsp3) is 1.00. The van der Waals surface area contributed by atoms with Crippen molar-refractivity contribution in [2.45, 2.75) is 30.4 Å². The summed E-state index contributed by atoms with van der Waals surface area (Å²) in [5.41, 5.74) is 0. The average molecular weight is 175 g/mol. The van der Waals surface area contributed by atoms with Crippen molar-refractivity contribution in [3.05, 3.63) is 0 Å². The first-order chi connectivity index (χ1) is 5.66. The van der Waals surface area contributed by atoms with E-state index in [2.05, 4.69) is 5.32 Å². The van der Waals surface area contributed by atoms with Gasteiger partial charge in [0.05, 0.1) is 24.9 Å². The lowest BCUT2D eigenvalue weighted by atomic mass is 9.83. The van der Waals surface area contributed by atoms with Crippen molar-refractivity contribution < 1.29 is 20.4 Å². The van der Waals surface area contributed by atoms with Gasteiger partial charge < -0.3 is 25.7 Å². The zero-order valence-corrected chi connectivity index (χ0v) is 6.46. The lowest BCUT2D eigenvalue weighted by molar-refractivity contribution is -0.105. The molecular weight excluding hydrogens is 162 g/mol. The molecule has 70 valence electrons. The molecule has 1 saturated carbocycles. The van der Waals surface area contributed by atoms with Crippen LogP contribution in [0.3, 0.4) is 0 Å². The minimum atomic E-state index is -1.14. The van der Waals surface area contributed by atoms with Gasteiger partial charge in [-0.1, -0.05) is 0 Å². The van der Waals surface area contributed by atoms with Crippen molar-refractivity contribution in [3.63, 3.8) is 0 Å². The molecule has 0 radical (unpaired) electrons. The molecule has 0 aromatic heterocycles. The summed E-state index contributed by atoms with van der Waals surface area (Å²) in [5, 5.41) is 39.8. The molecule has 2 rings (SSSR count). The van der Waals surface area contributed by atoms with Gasteiger partial charge in [-0.3, -0.25) is 0 Å². The monoisotopic (exact) mass is 175 g/mol. The number of aliphatic hydroxyl groups is 4. The number of fused-ring (bicyclic) bond motifs is 1. The third-order valence-corrected chi connectivity index (χ3v) is 2.84. The lowest BCUT2D eigenvalue weighted by Crippen LogP contribution is -2.52. The smallest absolute Gasteiger partial charge is 0.108 e. The van der Waals surface area contributed by atoms with Crippen molar-refractivity contribution >= 4 is 0 Å². The van der Waals surface area contributed by atoms with Gasteiger partial charge in [0.1, 0.15) is 6.10 Å². The molecule has 0 amide bonds. The molecule has 1 aliphatic carbocycles.